The lowest BCUT2D eigenvalue weighted by Crippen LogP contribution is -2.30. The first-order chi connectivity index (χ1) is 18.1. The van der Waals surface area contributed by atoms with Crippen LogP contribution in [-0.4, -0.2) is 35.9 Å². The van der Waals surface area contributed by atoms with Gasteiger partial charge in [0, 0.05) is 17.0 Å². The highest BCUT2D eigenvalue weighted by atomic mass is 16.5. The number of hydrogen-bond donors (Lipinski definition) is 0. The van der Waals surface area contributed by atoms with Gasteiger partial charge in [0.05, 0.1) is 50.7 Å². The molecule has 0 aliphatic heterocycles. The Bertz CT molecular complexity index is 1770. The Morgan fingerprint density at radius 2 is 1.49 bits per heavy atom. The zero-order valence-electron chi connectivity index (χ0n) is 21.2. The third-order valence-corrected chi connectivity index (χ3v) is 6.84. The standard InChI is InChI=1S/C30H27N4O3/c1-33-23-9-5-6-10-24(23)34(30(33)21-16-25(35-2)29(37-4)26(17-21)36-3)18-22-14-13-20-12-11-19-8-7-15-31-27(19)28(20)32-22/h5-17H,18H2,1-4H3/q+1. The molecule has 37 heavy (non-hydrogen) atoms. The van der Waals surface area contributed by atoms with Crippen molar-refractivity contribution in [3.8, 4) is 28.6 Å². The van der Waals surface area contributed by atoms with Gasteiger partial charge in [-0.05, 0) is 36.4 Å². The molecule has 0 unspecified atom stereocenters. The van der Waals surface area contributed by atoms with Gasteiger partial charge in [-0.15, -0.1) is 0 Å². The fourth-order valence-corrected chi connectivity index (χ4v) is 5.12. The second-order valence-corrected chi connectivity index (χ2v) is 8.89. The van der Waals surface area contributed by atoms with Crippen molar-refractivity contribution in [1.29, 1.82) is 0 Å². The molecule has 3 aromatic heterocycles. The third-order valence-electron chi connectivity index (χ3n) is 6.84. The number of pyridine rings is 2. The van der Waals surface area contributed by atoms with Gasteiger partial charge in [0.15, 0.2) is 22.5 Å². The Kier molecular flexibility index (Phi) is 5.60. The summed E-state index contributed by atoms with van der Waals surface area (Å²) in [5, 5.41) is 2.15. The van der Waals surface area contributed by atoms with Crippen molar-refractivity contribution in [3.05, 3.63) is 84.7 Å². The van der Waals surface area contributed by atoms with E-state index in [4.69, 9.17) is 19.2 Å². The van der Waals surface area contributed by atoms with Gasteiger partial charge in [-0.2, -0.15) is 0 Å². The molecule has 6 aromatic rings. The Hall–Kier alpha value is -4.65. The van der Waals surface area contributed by atoms with Crippen molar-refractivity contribution < 1.29 is 18.8 Å². The summed E-state index contributed by atoms with van der Waals surface area (Å²) in [7, 11) is 6.95. The molecule has 0 aliphatic carbocycles. The van der Waals surface area contributed by atoms with E-state index in [1.165, 1.54) is 0 Å². The number of nitrogens with zero attached hydrogens (tertiary/aromatic N) is 4. The molecule has 0 aliphatic rings. The van der Waals surface area contributed by atoms with Gasteiger partial charge in [-0.25, -0.2) is 14.1 Å². The first-order valence-electron chi connectivity index (χ1n) is 12.0. The summed E-state index contributed by atoms with van der Waals surface area (Å²) in [4.78, 5) is 9.70. The van der Waals surface area contributed by atoms with Crippen molar-refractivity contribution >= 4 is 32.8 Å². The lowest BCUT2D eigenvalue weighted by Gasteiger charge is -2.13. The molecule has 0 bridgehead atoms. The average Bonchev–Trinajstić information content (AvgIpc) is 3.23. The minimum Gasteiger partial charge on any atom is -0.493 e. The van der Waals surface area contributed by atoms with Gasteiger partial charge >= 0.3 is 0 Å². The number of para-hydroxylation sites is 2. The van der Waals surface area contributed by atoms with Crippen LogP contribution in [0.5, 0.6) is 17.2 Å². The Balaban J connectivity index is 1.57. The Morgan fingerprint density at radius 3 is 2.22 bits per heavy atom. The van der Waals surface area contributed by atoms with E-state index in [2.05, 4.69) is 75.8 Å². The largest absolute Gasteiger partial charge is 0.493 e. The number of benzene rings is 3. The molecule has 184 valence electrons. The molecule has 7 nitrogen and oxygen atoms in total. The van der Waals surface area contributed by atoms with Crippen molar-refractivity contribution in [3.63, 3.8) is 0 Å². The summed E-state index contributed by atoms with van der Waals surface area (Å²) in [6.45, 7) is 0.576. The van der Waals surface area contributed by atoms with Gasteiger partial charge in [0.2, 0.25) is 5.75 Å². The summed E-state index contributed by atoms with van der Waals surface area (Å²) >= 11 is 0. The smallest absolute Gasteiger partial charge is 0.290 e. The van der Waals surface area contributed by atoms with Crippen molar-refractivity contribution in [1.82, 2.24) is 14.5 Å². The van der Waals surface area contributed by atoms with Crippen LogP contribution >= 0.6 is 0 Å². The van der Waals surface area contributed by atoms with Crippen molar-refractivity contribution in [2.24, 2.45) is 7.05 Å². The maximum Gasteiger partial charge on any atom is 0.290 e. The molecule has 6 rings (SSSR count). The molecule has 7 heteroatoms. The van der Waals surface area contributed by atoms with Gasteiger partial charge in [0.1, 0.15) is 6.54 Å². The molecule has 0 radical (unpaired) electrons. The van der Waals surface area contributed by atoms with Crippen LogP contribution in [0.2, 0.25) is 0 Å². The summed E-state index contributed by atoms with van der Waals surface area (Å²) in [5.74, 6) is 2.78. The van der Waals surface area contributed by atoms with Crippen LogP contribution in [0.4, 0.5) is 0 Å². The molecule has 3 heterocycles. The molecular weight excluding hydrogens is 464 g/mol. The monoisotopic (exact) mass is 491 g/mol. The van der Waals surface area contributed by atoms with E-state index in [9.17, 15) is 0 Å². The Labute approximate surface area is 214 Å². The highest BCUT2D eigenvalue weighted by Gasteiger charge is 2.27. The average molecular weight is 492 g/mol. The molecule has 0 atom stereocenters. The van der Waals surface area contributed by atoms with E-state index >= 15 is 0 Å². The van der Waals surface area contributed by atoms with E-state index in [0.29, 0.717) is 23.8 Å². The predicted octanol–water partition coefficient (Wildman–Crippen LogP) is 5.30. The summed E-state index contributed by atoms with van der Waals surface area (Å²) in [6.07, 6.45) is 1.82. The SMILES string of the molecule is COc1cc(-c2n(Cc3ccc4ccc5cccnc5c4n3)c3ccccc3[n+]2C)cc(OC)c1OC. The maximum absolute atomic E-state index is 5.66. The van der Waals surface area contributed by atoms with Crippen molar-refractivity contribution in [2.75, 3.05) is 21.3 Å². The van der Waals surface area contributed by atoms with Crippen LogP contribution in [0.1, 0.15) is 5.69 Å². The van der Waals surface area contributed by atoms with Gasteiger partial charge in [0.25, 0.3) is 5.82 Å². The zero-order valence-corrected chi connectivity index (χ0v) is 21.2. The summed E-state index contributed by atoms with van der Waals surface area (Å²) in [5.41, 5.74) is 5.92. The maximum atomic E-state index is 5.66. The van der Waals surface area contributed by atoms with E-state index in [1.807, 2.05) is 24.4 Å². The number of methoxy groups -OCH3 is 3. The van der Waals surface area contributed by atoms with E-state index in [-0.39, 0.29) is 0 Å². The first-order valence-corrected chi connectivity index (χ1v) is 12.0. The minimum atomic E-state index is 0.564. The number of hydrogen-bond acceptors (Lipinski definition) is 5. The summed E-state index contributed by atoms with van der Waals surface area (Å²) < 4.78 is 21.3. The van der Waals surface area contributed by atoms with E-state index in [1.54, 1.807) is 21.3 Å². The van der Waals surface area contributed by atoms with Crippen LogP contribution in [0, 0.1) is 0 Å². The summed E-state index contributed by atoms with van der Waals surface area (Å²) in [6, 6.07) is 24.8. The van der Waals surface area contributed by atoms with E-state index < -0.39 is 0 Å². The molecule has 0 spiro atoms. The van der Waals surface area contributed by atoms with E-state index in [0.717, 1.165) is 49.9 Å². The number of imidazole rings is 1. The highest BCUT2D eigenvalue weighted by molar-refractivity contribution is 6.02. The molecule has 0 fully saturated rings. The fourth-order valence-electron chi connectivity index (χ4n) is 5.12. The zero-order chi connectivity index (χ0) is 25.5. The van der Waals surface area contributed by atoms with Crippen LogP contribution in [0.25, 0.3) is 44.2 Å². The second kappa shape index (κ2) is 9.09. The molecule has 0 saturated carbocycles. The number of rotatable bonds is 6. The van der Waals surface area contributed by atoms with Crippen LogP contribution in [0.15, 0.2) is 79.0 Å². The molecule has 0 saturated heterocycles. The third kappa shape index (κ3) is 3.71. The normalized spacial score (nSPS) is 11.4. The molecule has 0 N–H and O–H groups in total. The lowest BCUT2D eigenvalue weighted by atomic mass is 10.1. The van der Waals surface area contributed by atoms with Gasteiger partial charge in [-0.3, -0.25) is 4.98 Å². The van der Waals surface area contributed by atoms with Crippen LogP contribution in [0.3, 0.4) is 0 Å². The highest BCUT2D eigenvalue weighted by Crippen LogP contribution is 2.41. The molecule has 3 aromatic carbocycles. The fraction of sp³-hybridized carbons (Fsp3) is 0.167. The Morgan fingerprint density at radius 1 is 0.784 bits per heavy atom. The minimum absolute atomic E-state index is 0.564. The van der Waals surface area contributed by atoms with Crippen molar-refractivity contribution in [2.45, 2.75) is 6.54 Å². The van der Waals surface area contributed by atoms with Gasteiger partial charge < -0.3 is 14.2 Å². The molecular formula is C30H27N4O3+. The number of ether oxygens (including phenoxy) is 3. The topological polar surface area (TPSA) is 62.3 Å². The predicted molar refractivity (Wildman–Crippen MR) is 144 cm³/mol. The lowest BCUT2D eigenvalue weighted by molar-refractivity contribution is -0.634. The second-order valence-electron chi connectivity index (χ2n) is 8.89. The number of fused-ring (bicyclic) bond motifs is 4. The number of aromatic nitrogens is 4. The first kappa shape index (κ1) is 22.8. The quantitative estimate of drug-likeness (QED) is 0.234. The van der Waals surface area contributed by atoms with Crippen LogP contribution in [-0.2, 0) is 13.6 Å². The van der Waals surface area contributed by atoms with Crippen LogP contribution < -0.4 is 18.8 Å². The van der Waals surface area contributed by atoms with Gasteiger partial charge in [-0.1, -0.05) is 36.4 Å². The number of aryl methyl sites for hydroxylation is 1. The molecule has 0 amide bonds.